The zero-order valence-corrected chi connectivity index (χ0v) is 19.3. The van der Waals surface area contributed by atoms with E-state index in [0.717, 1.165) is 31.1 Å². The molecule has 9 heteroatoms. The third-order valence-electron chi connectivity index (χ3n) is 6.42. The standard InChI is InChI=1S/C21H28F3N3O2.HI/c1-2-25-19(27-17-16-8-11-28-18(16)20(17)9-3-10-20)26-12-14-4-6-15(7-5-14)29-13-21(22,23)24;/h4-7,16-18H,2-3,8-13H2,1H3,(H2,25,26,27);1H. The molecule has 3 unspecified atom stereocenters. The first-order valence-electron chi connectivity index (χ1n) is 10.4. The van der Waals surface area contributed by atoms with Crippen LogP contribution in [0.1, 0.15) is 38.2 Å². The molecule has 1 heterocycles. The van der Waals surface area contributed by atoms with E-state index in [9.17, 15) is 13.2 Å². The van der Waals surface area contributed by atoms with Crippen LogP contribution in [0.4, 0.5) is 13.2 Å². The van der Waals surface area contributed by atoms with Gasteiger partial charge in [0.25, 0.3) is 0 Å². The molecule has 0 radical (unpaired) electrons. The molecular weight excluding hydrogens is 510 g/mol. The van der Waals surface area contributed by atoms with Crippen molar-refractivity contribution in [2.75, 3.05) is 19.8 Å². The molecule has 0 aromatic heterocycles. The zero-order chi connectivity index (χ0) is 20.5. The van der Waals surface area contributed by atoms with Gasteiger partial charge in [-0.15, -0.1) is 24.0 Å². The third kappa shape index (κ3) is 4.81. The van der Waals surface area contributed by atoms with Gasteiger partial charge >= 0.3 is 6.18 Å². The summed E-state index contributed by atoms with van der Waals surface area (Å²) in [5, 5.41) is 6.96. The first-order valence-corrected chi connectivity index (χ1v) is 10.4. The first kappa shape index (κ1) is 23.4. The molecule has 3 atom stereocenters. The van der Waals surface area contributed by atoms with Crippen LogP contribution >= 0.6 is 24.0 Å². The Bertz CT molecular complexity index is 738. The van der Waals surface area contributed by atoms with Gasteiger partial charge in [-0.3, -0.25) is 0 Å². The summed E-state index contributed by atoms with van der Waals surface area (Å²) in [6, 6.07) is 6.99. The molecule has 1 aromatic carbocycles. The van der Waals surface area contributed by atoms with Crippen LogP contribution in [0, 0.1) is 11.3 Å². The third-order valence-corrected chi connectivity index (χ3v) is 6.42. The van der Waals surface area contributed by atoms with Crippen LogP contribution in [0.5, 0.6) is 5.75 Å². The summed E-state index contributed by atoms with van der Waals surface area (Å²) in [5.41, 5.74) is 1.19. The lowest BCUT2D eigenvalue weighted by Crippen LogP contribution is -2.72. The number of rotatable bonds is 6. The normalized spacial score (nSPS) is 26.8. The topological polar surface area (TPSA) is 54.9 Å². The highest BCUT2D eigenvalue weighted by molar-refractivity contribution is 14.0. The molecule has 0 bridgehead atoms. The van der Waals surface area contributed by atoms with Gasteiger partial charge in [-0.05, 0) is 43.9 Å². The number of benzene rings is 1. The largest absolute Gasteiger partial charge is 0.484 e. The lowest BCUT2D eigenvalue weighted by molar-refractivity contribution is -0.171. The molecule has 2 saturated carbocycles. The van der Waals surface area contributed by atoms with E-state index in [-0.39, 0.29) is 35.1 Å². The smallest absolute Gasteiger partial charge is 0.422 e. The second-order valence-electron chi connectivity index (χ2n) is 8.20. The highest BCUT2D eigenvalue weighted by Gasteiger charge is 2.66. The Kier molecular flexibility index (Phi) is 7.42. The molecule has 3 fully saturated rings. The van der Waals surface area contributed by atoms with Gasteiger partial charge < -0.3 is 20.1 Å². The van der Waals surface area contributed by atoms with E-state index in [4.69, 9.17) is 14.5 Å². The van der Waals surface area contributed by atoms with Crippen LogP contribution in [0.15, 0.2) is 29.3 Å². The van der Waals surface area contributed by atoms with E-state index >= 15 is 0 Å². The van der Waals surface area contributed by atoms with Crippen molar-refractivity contribution in [2.45, 2.75) is 57.5 Å². The van der Waals surface area contributed by atoms with Crippen LogP contribution in [-0.4, -0.2) is 44.0 Å². The van der Waals surface area contributed by atoms with Crippen LogP contribution < -0.4 is 15.4 Å². The predicted molar refractivity (Wildman–Crippen MR) is 119 cm³/mol. The minimum absolute atomic E-state index is 0. The lowest BCUT2D eigenvalue weighted by Gasteiger charge is -2.63. The van der Waals surface area contributed by atoms with Gasteiger partial charge in [-0.25, -0.2) is 4.99 Å². The van der Waals surface area contributed by atoms with E-state index in [1.54, 1.807) is 24.3 Å². The number of hydrogen-bond donors (Lipinski definition) is 2. The minimum Gasteiger partial charge on any atom is -0.484 e. The van der Waals surface area contributed by atoms with Crippen LogP contribution in [0.2, 0.25) is 0 Å². The second-order valence-corrected chi connectivity index (χ2v) is 8.20. The molecule has 0 amide bonds. The zero-order valence-electron chi connectivity index (χ0n) is 17.0. The molecule has 1 spiro atoms. The Labute approximate surface area is 192 Å². The Balaban J connectivity index is 0.00000256. The molecule has 1 aromatic rings. The highest BCUT2D eigenvalue weighted by atomic mass is 127. The maximum Gasteiger partial charge on any atom is 0.422 e. The summed E-state index contributed by atoms with van der Waals surface area (Å²) in [6.07, 6.45) is 0.859. The summed E-state index contributed by atoms with van der Waals surface area (Å²) in [5.74, 6) is 1.55. The van der Waals surface area contributed by atoms with E-state index < -0.39 is 12.8 Å². The Morgan fingerprint density at radius 2 is 2.00 bits per heavy atom. The molecule has 4 rings (SSSR count). The molecule has 30 heavy (non-hydrogen) atoms. The molecule has 1 aliphatic heterocycles. The number of guanidine groups is 1. The monoisotopic (exact) mass is 539 g/mol. The van der Waals surface area contributed by atoms with Crippen LogP contribution in [0.25, 0.3) is 0 Å². The number of halogens is 4. The number of ether oxygens (including phenoxy) is 2. The maximum atomic E-state index is 12.2. The molecule has 2 N–H and O–H groups in total. The Hall–Kier alpha value is -1.23. The van der Waals surface area contributed by atoms with Crippen molar-refractivity contribution in [2.24, 2.45) is 16.3 Å². The molecule has 2 aliphatic carbocycles. The summed E-state index contributed by atoms with van der Waals surface area (Å²) in [7, 11) is 0. The summed E-state index contributed by atoms with van der Waals surface area (Å²) in [6.45, 7) is 2.81. The number of hydrogen-bond acceptors (Lipinski definition) is 3. The van der Waals surface area contributed by atoms with Gasteiger partial charge in [0, 0.05) is 30.5 Å². The number of nitrogens with zero attached hydrogens (tertiary/aromatic N) is 1. The molecule has 168 valence electrons. The van der Waals surface area contributed by atoms with Crippen molar-refractivity contribution >= 4 is 29.9 Å². The predicted octanol–water partition coefficient (Wildman–Crippen LogP) is 4.26. The first-order chi connectivity index (χ1) is 13.9. The summed E-state index contributed by atoms with van der Waals surface area (Å²) < 4.78 is 47.5. The van der Waals surface area contributed by atoms with Crippen molar-refractivity contribution < 1.29 is 22.6 Å². The van der Waals surface area contributed by atoms with Crippen LogP contribution in [0.3, 0.4) is 0 Å². The summed E-state index contributed by atoms with van der Waals surface area (Å²) in [4.78, 5) is 4.69. The van der Waals surface area contributed by atoms with Gasteiger partial charge in [-0.2, -0.15) is 13.2 Å². The maximum absolute atomic E-state index is 12.2. The molecule has 3 aliphatic rings. The van der Waals surface area contributed by atoms with Crippen molar-refractivity contribution in [1.82, 2.24) is 10.6 Å². The van der Waals surface area contributed by atoms with E-state index in [1.807, 2.05) is 6.92 Å². The Morgan fingerprint density at radius 1 is 1.27 bits per heavy atom. The molecular formula is C21H29F3IN3O2. The van der Waals surface area contributed by atoms with Crippen molar-refractivity contribution in [1.29, 1.82) is 0 Å². The molecule has 5 nitrogen and oxygen atoms in total. The fraction of sp³-hybridized carbons (Fsp3) is 0.667. The highest BCUT2D eigenvalue weighted by Crippen LogP contribution is 2.62. The number of nitrogens with one attached hydrogen (secondary N) is 2. The fourth-order valence-corrected chi connectivity index (χ4v) is 4.95. The van der Waals surface area contributed by atoms with Crippen molar-refractivity contribution in [3.8, 4) is 5.75 Å². The van der Waals surface area contributed by atoms with E-state index in [1.165, 1.54) is 19.3 Å². The van der Waals surface area contributed by atoms with Crippen molar-refractivity contribution in [3.63, 3.8) is 0 Å². The fourth-order valence-electron chi connectivity index (χ4n) is 4.95. The summed E-state index contributed by atoms with van der Waals surface area (Å²) >= 11 is 0. The van der Waals surface area contributed by atoms with Crippen molar-refractivity contribution in [3.05, 3.63) is 29.8 Å². The molecule has 1 saturated heterocycles. The van der Waals surface area contributed by atoms with Gasteiger partial charge in [0.1, 0.15) is 5.75 Å². The van der Waals surface area contributed by atoms with E-state index in [2.05, 4.69) is 10.6 Å². The van der Waals surface area contributed by atoms with Gasteiger partial charge in [0.15, 0.2) is 12.6 Å². The minimum atomic E-state index is -4.34. The average Bonchev–Trinajstić information content (AvgIpc) is 3.06. The van der Waals surface area contributed by atoms with Crippen LogP contribution in [-0.2, 0) is 11.3 Å². The second kappa shape index (κ2) is 9.50. The van der Waals surface area contributed by atoms with E-state index in [0.29, 0.717) is 24.6 Å². The average molecular weight is 539 g/mol. The van der Waals surface area contributed by atoms with Gasteiger partial charge in [0.2, 0.25) is 0 Å². The number of alkyl halides is 3. The van der Waals surface area contributed by atoms with Gasteiger partial charge in [0.05, 0.1) is 12.6 Å². The lowest BCUT2D eigenvalue weighted by atomic mass is 9.46. The quantitative estimate of drug-likeness (QED) is 0.323. The Morgan fingerprint density at radius 3 is 2.60 bits per heavy atom. The van der Waals surface area contributed by atoms with Gasteiger partial charge in [-0.1, -0.05) is 18.6 Å². The SMILES string of the molecule is CCNC(=NCc1ccc(OCC(F)(F)F)cc1)NC1C2CCOC2C12CCC2.I. The number of aliphatic imine (C=N–C) groups is 1. The number of fused-ring (bicyclic) bond motifs is 2.